The number of nitrogens with zero attached hydrogens (tertiary/aromatic N) is 3. The Balaban J connectivity index is 1.84. The molecule has 0 unspecified atom stereocenters. The van der Waals surface area contributed by atoms with Crippen LogP contribution in [-0.4, -0.2) is 37.3 Å². The summed E-state index contributed by atoms with van der Waals surface area (Å²) in [5, 5.41) is 0. The molecule has 0 radical (unpaired) electrons. The van der Waals surface area contributed by atoms with Crippen molar-refractivity contribution in [3.8, 4) is 5.75 Å². The monoisotopic (exact) mass is 505 g/mol. The van der Waals surface area contributed by atoms with Crippen molar-refractivity contribution in [3.05, 3.63) is 90.6 Å². The summed E-state index contributed by atoms with van der Waals surface area (Å²) in [6.45, 7) is 9.90. The third-order valence-corrected chi connectivity index (χ3v) is 7.25. The van der Waals surface area contributed by atoms with E-state index < -0.39 is 12.0 Å². The molecule has 188 valence electrons. The molecular weight excluding hydrogens is 474 g/mol. The van der Waals surface area contributed by atoms with E-state index in [4.69, 9.17) is 9.47 Å². The third kappa shape index (κ3) is 4.86. The number of allylic oxidation sites excluding steroid dienone is 1. The summed E-state index contributed by atoms with van der Waals surface area (Å²) in [5.41, 5.74) is 3.58. The van der Waals surface area contributed by atoms with Crippen molar-refractivity contribution in [3.63, 3.8) is 0 Å². The summed E-state index contributed by atoms with van der Waals surface area (Å²) in [6, 6.07) is 14.9. The number of esters is 1. The summed E-state index contributed by atoms with van der Waals surface area (Å²) in [7, 11) is 1.60. The molecule has 0 saturated carbocycles. The zero-order chi connectivity index (χ0) is 25.8. The van der Waals surface area contributed by atoms with Crippen molar-refractivity contribution in [1.29, 1.82) is 0 Å². The van der Waals surface area contributed by atoms with Crippen molar-refractivity contribution in [2.75, 3.05) is 31.7 Å². The molecule has 2 aromatic carbocycles. The SMILES string of the molecule is CCOC(=O)C1=C(C)N=c2s/c(=C\c3ccc(N(CC)CC)cc3)c(=O)n2[C@H]1c1ccc(OC)cc1. The van der Waals surface area contributed by atoms with E-state index in [2.05, 4.69) is 35.9 Å². The van der Waals surface area contributed by atoms with Gasteiger partial charge in [0.25, 0.3) is 5.56 Å². The zero-order valence-electron chi connectivity index (χ0n) is 21.3. The van der Waals surface area contributed by atoms with E-state index in [-0.39, 0.29) is 12.2 Å². The van der Waals surface area contributed by atoms with Gasteiger partial charge in [0, 0.05) is 18.8 Å². The molecule has 1 aliphatic rings. The average Bonchev–Trinajstić information content (AvgIpc) is 3.19. The fourth-order valence-electron chi connectivity index (χ4n) is 4.41. The molecular formula is C28H31N3O4S. The van der Waals surface area contributed by atoms with Crippen LogP contribution in [0.3, 0.4) is 0 Å². The molecule has 1 aromatic heterocycles. The number of benzene rings is 2. The van der Waals surface area contributed by atoms with Crippen LogP contribution in [0, 0.1) is 0 Å². The fraction of sp³-hybridized carbons (Fsp3) is 0.321. The standard InChI is InChI=1S/C28H31N3O4S/c1-6-30(7-2)21-13-9-19(10-14-21)17-23-26(32)31-25(20-11-15-22(34-5)16-12-20)24(27(33)35-8-3)18(4)29-28(31)36-23/h9-17,25H,6-8H2,1-5H3/b23-17-/t25-/m0/s1. The minimum Gasteiger partial charge on any atom is -0.497 e. The Labute approximate surface area is 214 Å². The summed E-state index contributed by atoms with van der Waals surface area (Å²) >= 11 is 1.32. The lowest BCUT2D eigenvalue weighted by Crippen LogP contribution is -2.39. The first kappa shape index (κ1) is 25.4. The highest BCUT2D eigenvalue weighted by Crippen LogP contribution is 2.31. The molecule has 0 bridgehead atoms. The molecule has 3 aromatic rings. The molecule has 0 fully saturated rings. The van der Waals surface area contributed by atoms with Gasteiger partial charge in [-0.05, 0) is 69.2 Å². The molecule has 0 amide bonds. The van der Waals surface area contributed by atoms with Crippen molar-refractivity contribution < 1.29 is 14.3 Å². The van der Waals surface area contributed by atoms with Crippen molar-refractivity contribution in [2.45, 2.75) is 33.7 Å². The van der Waals surface area contributed by atoms with E-state index in [9.17, 15) is 9.59 Å². The van der Waals surface area contributed by atoms with Gasteiger partial charge < -0.3 is 14.4 Å². The molecule has 8 heteroatoms. The van der Waals surface area contributed by atoms with Gasteiger partial charge in [0.1, 0.15) is 5.75 Å². The Hall–Kier alpha value is -3.65. The second-order valence-corrected chi connectivity index (χ2v) is 9.35. The Morgan fingerprint density at radius 2 is 1.75 bits per heavy atom. The molecule has 0 spiro atoms. The first-order chi connectivity index (χ1) is 17.4. The smallest absolute Gasteiger partial charge is 0.338 e. The number of thiazole rings is 1. The third-order valence-electron chi connectivity index (χ3n) is 6.27. The molecule has 4 rings (SSSR count). The number of carbonyl (C=O) groups is 1. The molecule has 0 saturated heterocycles. The molecule has 0 N–H and O–H groups in total. The number of hydrogen-bond acceptors (Lipinski definition) is 7. The molecule has 36 heavy (non-hydrogen) atoms. The Bertz CT molecular complexity index is 1450. The lowest BCUT2D eigenvalue weighted by Gasteiger charge is -2.24. The number of hydrogen-bond donors (Lipinski definition) is 0. The Morgan fingerprint density at radius 1 is 1.08 bits per heavy atom. The molecule has 7 nitrogen and oxygen atoms in total. The van der Waals surface area contributed by atoms with Gasteiger partial charge in [-0.1, -0.05) is 35.6 Å². The van der Waals surface area contributed by atoms with Crippen LogP contribution in [-0.2, 0) is 9.53 Å². The maximum absolute atomic E-state index is 13.7. The second-order valence-electron chi connectivity index (χ2n) is 8.34. The van der Waals surface area contributed by atoms with Gasteiger partial charge in [0.05, 0.1) is 35.6 Å². The van der Waals surface area contributed by atoms with Crippen LogP contribution in [0.1, 0.15) is 44.9 Å². The predicted octanol–water partition coefficient (Wildman–Crippen LogP) is 3.65. The lowest BCUT2D eigenvalue weighted by atomic mass is 9.96. The second kappa shape index (κ2) is 11.0. The van der Waals surface area contributed by atoms with Crippen LogP contribution < -0.4 is 24.5 Å². The summed E-state index contributed by atoms with van der Waals surface area (Å²) < 4.78 is 12.8. The normalized spacial score (nSPS) is 15.4. The van der Waals surface area contributed by atoms with Gasteiger partial charge in [-0.3, -0.25) is 9.36 Å². The number of ether oxygens (including phenoxy) is 2. The van der Waals surface area contributed by atoms with E-state index in [0.29, 0.717) is 26.4 Å². The summed E-state index contributed by atoms with van der Waals surface area (Å²) in [5.74, 6) is 0.221. The topological polar surface area (TPSA) is 73.1 Å². The van der Waals surface area contributed by atoms with Crippen molar-refractivity contribution >= 4 is 29.1 Å². The van der Waals surface area contributed by atoms with Crippen LogP contribution in [0.4, 0.5) is 5.69 Å². The first-order valence-corrected chi connectivity index (χ1v) is 12.9. The van der Waals surface area contributed by atoms with Gasteiger partial charge in [-0.25, -0.2) is 9.79 Å². The van der Waals surface area contributed by atoms with Crippen LogP contribution in [0.25, 0.3) is 6.08 Å². The fourth-order valence-corrected chi connectivity index (χ4v) is 5.46. The van der Waals surface area contributed by atoms with Gasteiger partial charge in [0.15, 0.2) is 4.80 Å². The van der Waals surface area contributed by atoms with Gasteiger partial charge in [-0.15, -0.1) is 0 Å². The van der Waals surface area contributed by atoms with Crippen LogP contribution in [0.15, 0.2) is 69.6 Å². The number of methoxy groups -OCH3 is 1. The highest BCUT2D eigenvalue weighted by Gasteiger charge is 2.33. The minimum absolute atomic E-state index is 0.193. The number of anilines is 1. The van der Waals surface area contributed by atoms with Gasteiger partial charge in [0.2, 0.25) is 0 Å². The lowest BCUT2D eigenvalue weighted by molar-refractivity contribution is -0.139. The predicted molar refractivity (Wildman–Crippen MR) is 143 cm³/mol. The van der Waals surface area contributed by atoms with E-state index in [1.54, 1.807) is 25.5 Å². The number of carbonyl (C=O) groups excluding carboxylic acids is 1. The number of aromatic nitrogens is 1. The van der Waals surface area contributed by atoms with E-state index >= 15 is 0 Å². The molecule has 0 aliphatic carbocycles. The molecule has 2 heterocycles. The van der Waals surface area contributed by atoms with Crippen LogP contribution in [0.2, 0.25) is 0 Å². The Morgan fingerprint density at radius 3 is 2.33 bits per heavy atom. The zero-order valence-corrected chi connectivity index (χ0v) is 22.1. The van der Waals surface area contributed by atoms with E-state index in [1.165, 1.54) is 11.3 Å². The number of fused-ring (bicyclic) bond motifs is 1. The molecule has 1 aliphatic heterocycles. The number of rotatable bonds is 8. The van der Waals surface area contributed by atoms with E-state index in [0.717, 1.165) is 29.9 Å². The summed E-state index contributed by atoms with van der Waals surface area (Å²) in [4.78, 5) is 34.1. The van der Waals surface area contributed by atoms with Crippen molar-refractivity contribution in [1.82, 2.24) is 4.57 Å². The average molecular weight is 506 g/mol. The van der Waals surface area contributed by atoms with Gasteiger partial charge in [-0.2, -0.15) is 0 Å². The maximum atomic E-state index is 13.7. The Kier molecular flexibility index (Phi) is 7.74. The van der Waals surface area contributed by atoms with E-state index in [1.807, 2.05) is 42.5 Å². The van der Waals surface area contributed by atoms with Crippen LogP contribution in [0.5, 0.6) is 5.75 Å². The van der Waals surface area contributed by atoms with Crippen LogP contribution >= 0.6 is 11.3 Å². The first-order valence-electron chi connectivity index (χ1n) is 12.1. The van der Waals surface area contributed by atoms with Gasteiger partial charge >= 0.3 is 5.97 Å². The molecule has 1 atom stereocenters. The maximum Gasteiger partial charge on any atom is 0.338 e. The largest absolute Gasteiger partial charge is 0.497 e. The minimum atomic E-state index is -0.640. The summed E-state index contributed by atoms with van der Waals surface area (Å²) in [6.07, 6.45) is 1.88. The quantitative estimate of drug-likeness (QED) is 0.437. The van der Waals surface area contributed by atoms with Crippen molar-refractivity contribution in [2.24, 2.45) is 4.99 Å². The highest BCUT2D eigenvalue weighted by atomic mass is 32.1. The highest BCUT2D eigenvalue weighted by molar-refractivity contribution is 7.07.